The second-order valence-corrected chi connectivity index (χ2v) is 3.55. The summed E-state index contributed by atoms with van der Waals surface area (Å²) >= 11 is 0. The summed E-state index contributed by atoms with van der Waals surface area (Å²) in [6, 6.07) is 0. The van der Waals surface area contributed by atoms with E-state index in [9.17, 15) is 4.79 Å². The van der Waals surface area contributed by atoms with Gasteiger partial charge in [0.25, 0.3) is 0 Å². The fourth-order valence-electron chi connectivity index (χ4n) is 1.07. The summed E-state index contributed by atoms with van der Waals surface area (Å²) in [5.41, 5.74) is -0.463. The largest absolute Gasteiger partial charge is 0.294 e. The van der Waals surface area contributed by atoms with Crippen molar-refractivity contribution < 1.29 is 4.79 Å². The molecule has 0 aliphatic carbocycles. The van der Waals surface area contributed by atoms with Gasteiger partial charge in [-0.15, -0.1) is 0 Å². The molecule has 0 radical (unpaired) electrons. The Balaban J connectivity index is 2.72. The van der Waals surface area contributed by atoms with Gasteiger partial charge in [-0.05, 0) is 6.08 Å². The van der Waals surface area contributed by atoms with Crippen LogP contribution in [0, 0.1) is 5.41 Å². The molecule has 1 heterocycles. The SMILES string of the molecule is C=CC(=O)C(C)(C)Cn1cncn1. The molecule has 0 N–H and O–H groups in total. The highest BCUT2D eigenvalue weighted by molar-refractivity contribution is 5.93. The first-order valence-electron chi connectivity index (χ1n) is 4.05. The van der Waals surface area contributed by atoms with Gasteiger partial charge in [-0.3, -0.25) is 9.48 Å². The normalized spacial score (nSPS) is 11.2. The number of aromatic nitrogens is 3. The lowest BCUT2D eigenvalue weighted by atomic mass is 9.88. The van der Waals surface area contributed by atoms with Crippen molar-refractivity contribution in [2.45, 2.75) is 20.4 Å². The van der Waals surface area contributed by atoms with Crippen LogP contribution < -0.4 is 0 Å². The molecule has 13 heavy (non-hydrogen) atoms. The molecule has 0 saturated carbocycles. The van der Waals surface area contributed by atoms with E-state index in [-0.39, 0.29) is 5.78 Å². The summed E-state index contributed by atoms with van der Waals surface area (Å²) in [7, 11) is 0. The van der Waals surface area contributed by atoms with Gasteiger partial charge in [-0.25, -0.2) is 4.98 Å². The van der Waals surface area contributed by atoms with Gasteiger partial charge in [0, 0.05) is 5.41 Å². The Kier molecular flexibility index (Phi) is 2.60. The van der Waals surface area contributed by atoms with Crippen LogP contribution in [0.2, 0.25) is 0 Å². The Bertz CT molecular complexity index is 301. The molecule has 0 saturated heterocycles. The Morgan fingerprint density at radius 3 is 2.85 bits per heavy atom. The topological polar surface area (TPSA) is 47.8 Å². The highest BCUT2D eigenvalue weighted by atomic mass is 16.1. The Morgan fingerprint density at radius 2 is 2.38 bits per heavy atom. The number of hydrogen-bond donors (Lipinski definition) is 0. The average Bonchev–Trinajstić information content (AvgIpc) is 2.54. The zero-order chi connectivity index (χ0) is 9.90. The van der Waals surface area contributed by atoms with Crippen LogP contribution in [0.5, 0.6) is 0 Å². The highest BCUT2D eigenvalue weighted by Gasteiger charge is 2.25. The maximum absolute atomic E-state index is 11.4. The summed E-state index contributed by atoms with van der Waals surface area (Å²) in [5, 5.41) is 3.94. The zero-order valence-electron chi connectivity index (χ0n) is 7.90. The molecule has 0 spiro atoms. The molecule has 0 fully saturated rings. The molecular formula is C9H13N3O. The van der Waals surface area contributed by atoms with E-state index in [1.807, 2.05) is 13.8 Å². The number of allylic oxidation sites excluding steroid dienone is 1. The predicted octanol–water partition coefficient (Wildman–Crippen LogP) is 1.06. The maximum Gasteiger partial charge on any atom is 0.162 e. The first kappa shape index (κ1) is 9.64. The first-order chi connectivity index (χ1) is 6.06. The molecule has 0 amide bonds. The standard InChI is InChI=1S/C9H13N3O/c1-4-8(13)9(2,3)5-12-7-10-6-11-12/h4,6-7H,1,5H2,2-3H3. The summed E-state index contributed by atoms with van der Waals surface area (Å²) in [6.07, 6.45) is 4.39. The molecule has 0 bridgehead atoms. The van der Waals surface area contributed by atoms with Gasteiger partial charge in [0.05, 0.1) is 6.54 Å². The third-order valence-corrected chi connectivity index (χ3v) is 1.88. The van der Waals surface area contributed by atoms with Crippen molar-refractivity contribution in [3.63, 3.8) is 0 Å². The quantitative estimate of drug-likeness (QED) is 0.649. The Hall–Kier alpha value is -1.45. The molecule has 0 aliphatic heterocycles. The van der Waals surface area contributed by atoms with E-state index >= 15 is 0 Å². The molecule has 1 aromatic heterocycles. The van der Waals surface area contributed by atoms with Gasteiger partial charge in [-0.2, -0.15) is 5.10 Å². The fraction of sp³-hybridized carbons (Fsp3) is 0.444. The molecule has 70 valence electrons. The molecule has 0 unspecified atom stereocenters. The molecule has 1 rings (SSSR count). The third-order valence-electron chi connectivity index (χ3n) is 1.88. The lowest BCUT2D eigenvalue weighted by molar-refractivity contribution is -0.122. The summed E-state index contributed by atoms with van der Waals surface area (Å²) in [5.74, 6) is 0.0167. The van der Waals surface area contributed by atoms with E-state index in [0.717, 1.165) is 0 Å². The molecule has 0 aromatic carbocycles. The third kappa shape index (κ3) is 2.24. The average molecular weight is 179 g/mol. The van der Waals surface area contributed by atoms with Gasteiger partial charge in [0.1, 0.15) is 12.7 Å². The lowest BCUT2D eigenvalue weighted by Gasteiger charge is -2.20. The Morgan fingerprint density at radius 1 is 1.69 bits per heavy atom. The Labute approximate surface area is 77.3 Å². The highest BCUT2D eigenvalue weighted by Crippen LogP contribution is 2.18. The molecule has 0 atom stereocenters. The minimum atomic E-state index is -0.463. The van der Waals surface area contributed by atoms with Gasteiger partial charge < -0.3 is 0 Å². The van der Waals surface area contributed by atoms with E-state index in [1.165, 1.54) is 12.4 Å². The van der Waals surface area contributed by atoms with Crippen LogP contribution in [-0.2, 0) is 11.3 Å². The number of rotatable bonds is 4. The number of ketones is 1. The van der Waals surface area contributed by atoms with Crippen molar-refractivity contribution in [3.05, 3.63) is 25.3 Å². The van der Waals surface area contributed by atoms with Gasteiger partial charge in [0.2, 0.25) is 0 Å². The second kappa shape index (κ2) is 3.51. The van der Waals surface area contributed by atoms with Crippen molar-refractivity contribution in [1.82, 2.24) is 14.8 Å². The van der Waals surface area contributed by atoms with Crippen LogP contribution in [0.3, 0.4) is 0 Å². The number of hydrogen-bond acceptors (Lipinski definition) is 3. The van der Waals surface area contributed by atoms with E-state index < -0.39 is 5.41 Å². The molecule has 4 heteroatoms. The minimum Gasteiger partial charge on any atom is -0.294 e. The van der Waals surface area contributed by atoms with Crippen LogP contribution in [0.25, 0.3) is 0 Å². The molecule has 0 aliphatic rings. The zero-order valence-corrected chi connectivity index (χ0v) is 7.90. The van der Waals surface area contributed by atoms with Crippen molar-refractivity contribution >= 4 is 5.78 Å². The van der Waals surface area contributed by atoms with Gasteiger partial charge in [-0.1, -0.05) is 20.4 Å². The van der Waals surface area contributed by atoms with Crippen molar-refractivity contribution in [3.8, 4) is 0 Å². The lowest BCUT2D eigenvalue weighted by Crippen LogP contribution is -2.28. The smallest absolute Gasteiger partial charge is 0.162 e. The van der Waals surface area contributed by atoms with E-state index in [2.05, 4.69) is 16.7 Å². The molecule has 1 aromatic rings. The van der Waals surface area contributed by atoms with E-state index in [4.69, 9.17) is 0 Å². The number of carbonyl (C=O) groups is 1. The van der Waals surface area contributed by atoms with Crippen LogP contribution in [-0.4, -0.2) is 20.5 Å². The predicted molar refractivity (Wildman–Crippen MR) is 49.0 cm³/mol. The first-order valence-corrected chi connectivity index (χ1v) is 4.05. The van der Waals surface area contributed by atoms with Crippen molar-refractivity contribution in [2.24, 2.45) is 5.41 Å². The van der Waals surface area contributed by atoms with Gasteiger partial charge in [0.15, 0.2) is 5.78 Å². The van der Waals surface area contributed by atoms with Gasteiger partial charge >= 0.3 is 0 Å². The fourth-order valence-corrected chi connectivity index (χ4v) is 1.07. The van der Waals surface area contributed by atoms with Crippen molar-refractivity contribution in [1.29, 1.82) is 0 Å². The summed E-state index contributed by atoms with van der Waals surface area (Å²) < 4.78 is 1.64. The number of nitrogens with zero attached hydrogens (tertiary/aromatic N) is 3. The van der Waals surface area contributed by atoms with Crippen molar-refractivity contribution in [2.75, 3.05) is 0 Å². The molecule has 4 nitrogen and oxygen atoms in total. The van der Waals surface area contributed by atoms with Crippen LogP contribution in [0.4, 0.5) is 0 Å². The summed E-state index contributed by atoms with van der Waals surface area (Å²) in [6.45, 7) is 7.71. The van der Waals surface area contributed by atoms with Crippen LogP contribution >= 0.6 is 0 Å². The molecular weight excluding hydrogens is 166 g/mol. The minimum absolute atomic E-state index is 0.0167. The van der Waals surface area contributed by atoms with Crippen LogP contribution in [0.15, 0.2) is 25.3 Å². The second-order valence-electron chi connectivity index (χ2n) is 3.55. The number of carbonyl (C=O) groups excluding carboxylic acids is 1. The van der Waals surface area contributed by atoms with E-state index in [1.54, 1.807) is 11.0 Å². The van der Waals surface area contributed by atoms with Crippen LogP contribution in [0.1, 0.15) is 13.8 Å². The maximum atomic E-state index is 11.4. The summed E-state index contributed by atoms with van der Waals surface area (Å²) in [4.78, 5) is 15.2. The monoisotopic (exact) mass is 179 g/mol. The van der Waals surface area contributed by atoms with E-state index in [0.29, 0.717) is 6.54 Å².